The molecule has 0 saturated carbocycles. The Morgan fingerprint density at radius 3 is 2.40 bits per heavy atom. The number of hydrogen-bond donors (Lipinski definition) is 2. The third-order valence-electron chi connectivity index (χ3n) is 3.56. The largest absolute Gasteiger partial charge is 0.391 e. The molecule has 20 heavy (non-hydrogen) atoms. The number of nitrogens with one attached hydrogen (secondary N) is 1. The van der Waals surface area contributed by atoms with E-state index in [0.717, 1.165) is 0 Å². The fourth-order valence-corrected chi connectivity index (χ4v) is 2.76. The Bertz CT molecular complexity index is 508. The first-order chi connectivity index (χ1) is 9.30. The molecule has 2 rings (SSSR count). The molecule has 110 valence electrons. The van der Waals surface area contributed by atoms with Crippen LogP contribution < -0.4 is 10.6 Å². The van der Waals surface area contributed by atoms with E-state index in [-0.39, 0.29) is 31.8 Å². The molecule has 7 heteroatoms. The van der Waals surface area contributed by atoms with Crippen LogP contribution in [0.3, 0.4) is 0 Å². The Balaban J connectivity index is 2.19. The average Bonchev–Trinajstić information content (AvgIpc) is 2.37. The zero-order valence-electron chi connectivity index (χ0n) is 10.7. The molecule has 0 spiro atoms. The zero-order valence-corrected chi connectivity index (χ0v) is 11.4. The van der Waals surface area contributed by atoms with E-state index in [2.05, 4.69) is 0 Å². The van der Waals surface area contributed by atoms with Gasteiger partial charge in [-0.1, -0.05) is 17.7 Å². The first kappa shape index (κ1) is 15.0. The number of nitrogens with zero attached hydrogens (tertiary/aromatic N) is 1. The van der Waals surface area contributed by atoms with Gasteiger partial charge in [-0.3, -0.25) is 5.41 Å². The van der Waals surface area contributed by atoms with Crippen molar-refractivity contribution in [2.24, 2.45) is 11.7 Å². The molecule has 0 aromatic heterocycles. The van der Waals surface area contributed by atoms with E-state index in [1.165, 1.54) is 0 Å². The summed E-state index contributed by atoms with van der Waals surface area (Å²) < 4.78 is 37.9. The van der Waals surface area contributed by atoms with Crippen LogP contribution >= 0.6 is 11.6 Å². The van der Waals surface area contributed by atoms with Gasteiger partial charge in [0.05, 0.1) is 16.5 Å². The van der Waals surface area contributed by atoms with Gasteiger partial charge in [-0.25, -0.2) is 0 Å². The number of rotatable bonds is 2. The second-order valence-electron chi connectivity index (χ2n) is 4.85. The minimum Gasteiger partial charge on any atom is -0.384 e. The molecule has 1 fully saturated rings. The predicted molar refractivity (Wildman–Crippen MR) is 73.5 cm³/mol. The lowest BCUT2D eigenvalue weighted by Gasteiger charge is -2.35. The summed E-state index contributed by atoms with van der Waals surface area (Å²) in [7, 11) is 0. The van der Waals surface area contributed by atoms with Crippen molar-refractivity contribution in [1.29, 1.82) is 5.41 Å². The Labute approximate surface area is 120 Å². The molecule has 1 heterocycles. The van der Waals surface area contributed by atoms with Crippen LogP contribution in [0.4, 0.5) is 18.9 Å². The molecule has 3 nitrogen and oxygen atoms in total. The van der Waals surface area contributed by atoms with Crippen LogP contribution in [0.5, 0.6) is 0 Å². The lowest BCUT2D eigenvalue weighted by molar-refractivity contribution is -0.179. The molecule has 0 amide bonds. The molecule has 1 aliphatic rings. The Morgan fingerprint density at radius 1 is 1.30 bits per heavy atom. The minimum atomic E-state index is -4.14. The van der Waals surface area contributed by atoms with Gasteiger partial charge in [-0.05, 0) is 25.0 Å². The van der Waals surface area contributed by atoms with Crippen molar-refractivity contribution < 1.29 is 13.2 Å². The van der Waals surface area contributed by atoms with Crippen LogP contribution in [-0.4, -0.2) is 25.1 Å². The summed E-state index contributed by atoms with van der Waals surface area (Å²) in [6, 6.07) is 5.06. The smallest absolute Gasteiger partial charge is 0.384 e. The summed E-state index contributed by atoms with van der Waals surface area (Å²) in [5.41, 5.74) is 6.53. The SMILES string of the molecule is N=C(N)c1c(Cl)cccc1N1CCC(C(F)(F)F)CC1. The van der Waals surface area contributed by atoms with Crippen molar-refractivity contribution in [2.45, 2.75) is 19.0 Å². The highest BCUT2D eigenvalue weighted by molar-refractivity contribution is 6.34. The lowest BCUT2D eigenvalue weighted by Crippen LogP contribution is -2.39. The number of anilines is 1. The predicted octanol–water partition coefficient (Wildman–Crippen LogP) is 3.40. The number of piperidine rings is 1. The van der Waals surface area contributed by atoms with Crippen molar-refractivity contribution in [3.05, 3.63) is 28.8 Å². The molecule has 0 atom stereocenters. The number of benzene rings is 1. The summed E-state index contributed by atoms with van der Waals surface area (Å²) in [4.78, 5) is 1.81. The lowest BCUT2D eigenvalue weighted by atomic mass is 9.95. The third kappa shape index (κ3) is 3.00. The fourth-order valence-electron chi connectivity index (χ4n) is 2.49. The number of amidine groups is 1. The van der Waals surface area contributed by atoms with E-state index >= 15 is 0 Å². The minimum absolute atomic E-state index is 0.0490. The normalized spacial score (nSPS) is 17.3. The van der Waals surface area contributed by atoms with Gasteiger partial charge in [-0.15, -0.1) is 0 Å². The van der Waals surface area contributed by atoms with Crippen molar-refractivity contribution >= 4 is 23.1 Å². The van der Waals surface area contributed by atoms with Crippen LogP contribution in [0.1, 0.15) is 18.4 Å². The summed E-state index contributed by atoms with van der Waals surface area (Å²) >= 11 is 6.02. The van der Waals surface area contributed by atoms with Gasteiger partial charge in [0.25, 0.3) is 0 Å². The Kier molecular flexibility index (Phi) is 4.13. The second kappa shape index (κ2) is 5.52. The highest BCUT2D eigenvalue weighted by Gasteiger charge is 2.41. The topological polar surface area (TPSA) is 53.1 Å². The van der Waals surface area contributed by atoms with Crippen molar-refractivity contribution in [3.8, 4) is 0 Å². The van der Waals surface area contributed by atoms with E-state index in [1.807, 2.05) is 4.90 Å². The van der Waals surface area contributed by atoms with Gasteiger partial charge in [-0.2, -0.15) is 13.2 Å². The van der Waals surface area contributed by atoms with Gasteiger partial charge in [0.1, 0.15) is 5.84 Å². The highest BCUT2D eigenvalue weighted by Crippen LogP contribution is 2.36. The third-order valence-corrected chi connectivity index (χ3v) is 3.87. The first-order valence-corrected chi connectivity index (χ1v) is 6.63. The van der Waals surface area contributed by atoms with E-state index in [1.54, 1.807) is 18.2 Å². The zero-order chi connectivity index (χ0) is 14.9. The molecule has 0 unspecified atom stereocenters. The van der Waals surface area contributed by atoms with Gasteiger partial charge in [0.2, 0.25) is 0 Å². The Morgan fingerprint density at radius 2 is 1.90 bits per heavy atom. The molecule has 3 N–H and O–H groups in total. The van der Waals surface area contributed by atoms with Gasteiger partial charge in [0, 0.05) is 18.8 Å². The number of nitrogens with two attached hydrogens (primary N) is 1. The molecule has 1 aliphatic heterocycles. The van der Waals surface area contributed by atoms with Gasteiger partial charge >= 0.3 is 6.18 Å². The summed E-state index contributed by atoms with van der Waals surface area (Å²) in [6.45, 7) is 0.565. The maximum absolute atomic E-state index is 12.6. The second-order valence-corrected chi connectivity index (χ2v) is 5.26. The van der Waals surface area contributed by atoms with Crippen LogP contribution in [-0.2, 0) is 0 Å². The molecular weight excluding hydrogens is 291 g/mol. The summed E-state index contributed by atoms with van der Waals surface area (Å²) in [6.07, 6.45) is -4.04. The molecular formula is C13H15ClF3N3. The number of nitrogen functional groups attached to an aromatic ring is 1. The van der Waals surface area contributed by atoms with Gasteiger partial charge in [0.15, 0.2) is 0 Å². The van der Waals surface area contributed by atoms with Crippen LogP contribution in [0.2, 0.25) is 5.02 Å². The van der Waals surface area contributed by atoms with Crippen molar-refractivity contribution in [1.82, 2.24) is 0 Å². The first-order valence-electron chi connectivity index (χ1n) is 6.25. The quantitative estimate of drug-likeness (QED) is 0.650. The van der Waals surface area contributed by atoms with Crippen molar-refractivity contribution in [2.75, 3.05) is 18.0 Å². The fraction of sp³-hybridized carbons (Fsp3) is 0.462. The standard InChI is InChI=1S/C13H15ClF3N3/c14-9-2-1-3-10(11(9)12(18)19)20-6-4-8(5-7-20)13(15,16)17/h1-3,8H,4-7H2,(H3,18,19). The molecule has 0 aliphatic carbocycles. The average molecular weight is 306 g/mol. The van der Waals surface area contributed by atoms with Crippen LogP contribution in [0.15, 0.2) is 18.2 Å². The maximum atomic E-state index is 12.6. The maximum Gasteiger partial charge on any atom is 0.391 e. The number of hydrogen-bond acceptors (Lipinski definition) is 2. The highest BCUT2D eigenvalue weighted by atomic mass is 35.5. The molecule has 1 saturated heterocycles. The van der Waals surface area contributed by atoms with E-state index in [0.29, 0.717) is 16.3 Å². The summed E-state index contributed by atoms with van der Waals surface area (Å²) in [5.74, 6) is -1.43. The van der Waals surface area contributed by atoms with E-state index < -0.39 is 12.1 Å². The molecule has 1 aromatic rings. The molecule has 0 radical (unpaired) electrons. The van der Waals surface area contributed by atoms with Crippen LogP contribution in [0.25, 0.3) is 0 Å². The number of halogens is 4. The monoisotopic (exact) mass is 305 g/mol. The van der Waals surface area contributed by atoms with Crippen molar-refractivity contribution in [3.63, 3.8) is 0 Å². The van der Waals surface area contributed by atoms with E-state index in [9.17, 15) is 13.2 Å². The van der Waals surface area contributed by atoms with Crippen LogP contribution in [0, 0.1) is 11.3 Å². The van der Waals surface area contributed by atoms with E-state index in [4.69, 9.17) is 22.7 Å². The Hall–Kier alpha value is -1.43. The number of alkyl halides is 3. The van der Waals surface area contributed by atoms with Gasteiger partial charge < -0.3 is 10.6 Å². The molecule has 1 aromatic carbocycles. The molecule has 0 bridgehead atoms. The summed E-state index contributed by atoms with van der Waals surface area (Å²) in [5, 5.41) is 7.90.